The van der Waals surface area contributed by atoms with Gasteiger partial charge in [-0.05, 0) is 11.6 Å². The molecule has 0 bridgehead atoms. The molecule has 0 unspecified atom stereocenters. The molecule has 0 radical (unpaired) electrons. The Bertz CT molecular complexity index is 502. The summed E-state index contributed by atoms with van der Waals surface area (Å²) in [6, 6.07) is 12.2. The van der Waals surface area contributed by atoms with Gasteiger partial charge in [0.05, 0.1) is 18.8 Å². The Hall–Kier alpha value is -2.30. The van der Waals surface area contributed by atoms with Crippen molar-refractivity contribution in [2.45, 2.75) is 13.1 Å². The number of rotatable bonds is 4. The van der Waals surface area contributed by atoms with E-state index in [1.807, 2.05) is 43.3 Å². The molecule has 2 rings (SSSR count). The fourth-order valence-electron chi connectivity index (χ4n) is 1.66. The van der Waals surface area contributed by atoms with Crippen LogP contribution in [0.5, 0.6) is 0 Å². The Morgan fingerprint density at radius 3 is 2.68 bits per heavy atom. The van der Waals surface area contributed by atoms with Crippen LogP contribution >= 0.6 is 0 Å². The lowest BCUT2D eigenvalue weighted by Gasteiger charge is -2.17. The van der Waals surface area contributed by atoms with Crippen LogP contribution in [0.25, 0.3) is 0 Å². The van der Waals surface area contributed by atoms with Crippen molar-refractivity contribution in [3.63, 3.8) is 0 Å². The maximum Gasteiger partial charge on any atom is 0.194 e. The molecule has 0 saturated carbocycles. The summed E-state index contributed by atoms with van der Waals surface area (Å²) in [7, 11) is 3.95. The van der Waals surface area contributed by atoms with Gasteiger partial charge in [0.1, 0.15) is 0 Å². The van der Waals surface area contributed by atoms with E-state index in [-0.39, 0.29) is 0 Å². The Balaban J connectivity index is 1.95. The fraction of sp³-hybridized carbons (Fsp3) is 0.286. The van der Waals surface area contributed by atoms with Crippen molar-refractivity contribution >= 4 is 5.96 Å². The molecular weight excluding hydrogens is 238 g/mol. The third-order valence-electron chi connectivity index (χ3n) is 2.67. The summed E-state index contributed by atoms with van der Waals surface area (Å²) in [5, 5.41) is 10.1. The van der Waals surface area contributed by atoms with Gasteiger partial charge in [0, 0.05) is 20.3 Å². The van der Waals surface area contributed by atoms with E-state index in [0.29, 0.717) is 13.1 Å². The van der Waals surface area contributed by atoms with Crippen LogP contribution in [0.3, 0.4) is 0 Å². The SMILES string of the molecule is CN(C)C(=NCc1ccccc1)NCc1ccn[nH]1. The maximum atomic E-state index is 4.59. The fourth-order valence-corrected chi connectivity index (χ4v) is 1.66. The minimum Gasteiger partial charge on any atom is -0.351 e. The molecular formula is C14H19N5. The van der Waals surface area contributed by atoms with Gasteiger partial charge in [-0.25, -0.2) is 4.99 Å². The van der Waals surface area contributed by atoms with Gasteiger partial charge in [0.2, 0.25) is 0 Å². The van der Waals surface area contributed by atoms with Crippen LogP contribution in [0.4, 0.5) is 0 Å². The maximum absolute atomic E-state index is 4.59. The highest BCUT2D eigenvalue weighted by Gasteiger charge is 2.02. The number of aromatic nitrogens is 2. The monoisotopic (exact) mass is 257 g/mol. The summed E-state index contributed by atoms with van der Waals surface area (Å²) in [4.78, 5) is 6.56. The number of H-pyrrole nitrogens is 1. The van der Waals surface area contributed by atoms with E-state index in [9.17, 15) is 0 Å². The number of aliphatic imine (C=N–C) groups is 1. The number of benzene rings is 1. The van der Waals surface area contributed by atoms with Gasteiger partial charge in [0.25, 0.3) is 0 Å². The minimum atomic E-state index is 0.671. The third kappa shape index (κ3) is 4.13. The Morgan fingerprint density at radius 1 is 1.26 bits per heavy atom. The zero-order valence-electron chi connectivity index (χ0n) is 11.3. The number of hydrogen-bond donors (Lipinski definition) is 2. The van der Waals surface area contributed by atoms with Crippen molar-refractivity contribution in [3.05, 3.63) is 53.9 Å². The number of guanidine groups is 1. The quantitative estimate of drug-likeness (QED) is 0.646. The lowest BCUT2D eigenvalue weighted by molar-refractivity contribution is 0.577. The lowest BCUT2D eigenvalue weighted by Crippen LogP contribution is -2.36. The van der Waals surface area contributed by atoms with Crippen molar-refractivity contribution in [2.24, 2.45) is 4.99 Å². The summed E-state index contributed by atoms with van der Waals surface area (Å²) >= 11 is 0. The first-order valence-corrected chi connectivity index (χ1v) is 6.23. The summed E-state index contributed by atoms with van der Waals surface area (Å²) < 4.78 is 0. The molecule has 0 amide bonds. The van der Waals surface area contributed by atoms with Crippen LogP contribution in [0.2, 0.25) is 0 Å². The molecule has 19 heavy (non-hydrogen) atoms. The number of nitrogens with one attached hydrogen (secondary N) is 2. The Morgan fingerprint density at radius 2 is 2.05 bits per heavy atom. The van der Waals surface area contributed by atoms with Gasteiger partial charge >= 0.3 is 0 Å². The van der Waals surface area contributed by atoms with E-state index in [4.69, 9.17) is 0 Å². The standard InChI is InChI=1S/C14H19N5/c1-19(2)14(16-11-13-8-9-17-18-13)15-10-12-6-4-3-5-7-12/h3-9H,10-11H2,1-2H3,(H,15,16)(H,17,18). The van der Waals surface area contributed by atoms with Gasteiger partial charge < -0.3 is 10.2 Å². The predicted octanol–water partition coefficient (Wildman–Crippen LogP) is 1.62. The number of hydrogen-bond acceptors (Lipinski definition) is 2. The zero-order valence-corrected chi connectivity index (χ0v) is 11.3. The normalized spacial score (nSPS) is 11.4. The third-order valence-corrected chi connectivity index (χ3v) is 2.67. The Kier molecular flexibility index (Phi) is 4.55. The number of nitrogens with zero attached hydrogens (tertiary/aromatic N) is 3. The van der Waals surface area contributed by atoms with Gasteiger partial charge in [-0.3, -0.25) is 5.10 Å². The molecule has 0 spiro atoms. The zero-order chi connectivity index (χ0) is 13.5. The van der Waals surface area contributed by atoms with Crippen LogP contribution in [-0.2, 0) is 13.1 Å². The molecule has 5 heteroatoms. The van der Waals surface area contributed by atoms with Gasteiger partial charge in [-0.2, -0.15) is 5.10 Å². The van der Waals surface area contributed by atoms with Crippen molar-refractivity contribution in [2.75, 3.05) is 14.1 Å². The molecule has 1 aromatic carbocycles. The van der Waals surface area contributed by atoms with Gasteiger partial charge in [0.15, 0.2) is 5.96 Å². The van der Waals surface area contributed by atoms with Crippen LogP contribution in [0.1, 0.15) is 11.3 Å². The first-order chi connectivity index (χ1) is 9.25. The highest BCUT2D eigenvalue weighted by molar-refractivity contribution is 5.79. The van der Waals surface area contributed by atoms with Crippen molar-refractivity contribution in [3.8, 4) is 0 Å². The number of aromatic amines is 1. The molecule has 0 saturated heterocycles. The highest BCUT2D eigenvalue weighted by Crippen LogP contribution is 2.01. The molecule has 2 aromatic rings. The second-order valence-electron chi connectivity index (χ2n) is 4.46. The van der Waals surface area contributed by atoms with E-state index in [1.54, 1.807) is 6.20 Å². The summed E-state index contributed by atoms with van der Waals surface area (Å²) in [6.45, 7) is 1.36. The van der Waals surface area contributed by atoms with Crippen molar-refractivity contribution in [1.29, 1.82) is 0 Å². The Labute approximate surface area is 113 Å². The molecule has 100 valence electrons. The predicted molar refractivity (Wildman–Crippen MR) is 76.7 cm³/mol. The summed E-state index contributed by atoms with van der Waals surface area (Å²) in [5.41, 5.74) is 2.24. The van der Waals surface area contributed by atoms with Crippen molar-refractivity contribution < 1.29 is 0 Å². The molecule has 1 heterocycles. The first-order valence-electron chi connectivity index (χ1n) is 6.23. The minimum absolute atomic E-state index is 0.671. The van der Waals surface area contributed by atoms with E-state index >= 15 is 0 Å². The van der Waals surface area contributed by atoms with Gasteiger partial charge in [-0.15, -0.1) is 0 Å². The first kappa shape index (κ1) is 13.1. The van der Waals surface area contributed by atoms with Gasteiger partial charge in [-0.1, -0.05) is 30.3 Å². The highest BCUT2D eigenvalue weighted by atomic mass is 15.3. The van der Waals surface area contributed by atoms with Crippen LogP contribution < -0.4 is 5.32 Å². The second kappa shape index (κ2) is 6.58. The van der Waals surface area contributed by atoms with Crippen LogP contribution in [0, 0.1) is 0 Å². The molecule has 1 aromatic heterocycles. The van der Waals surface area contributed by atoms with E-state index < -0.39 is 0 Å². The summed E-state index contributed by atoms with van der Waals surface area (Å²) in [5.74, 6) is 0.860. The largest absolute Gasteiger partial charge is 0.351 e. The van der Waals surface area contributed by atoms with Crippen LogP contribution in [0.15, 0.2) is 47.6 Å². The molecule has 0 aliphatic carbocycles. The van der Waals surface area contributed by atoms with E-state index in [2.05, 4.69) is 32.6 Å². The summed E-state index contributed by atoms with van der Waals surface area (Å²) in [6.07, 6.45) is 1.74. The topological polar surface area (TPSA) is 56.3 Å². The molecule has 5 nitrogen and oxygen atoms in total. The average Bonchev–Trinajstić information content (AvgIpc) is 2.92. The molecule has 0 aliphatic heterocycles. The lowest BCUT2D eigenvalue weighted by atomic mass is 10.2. The smallest absolute Gasteiger partial charge is 0.194 e. The average molecular weight is 257 g/mol. The molecule has 0 fully saturated rings. The molecule has 0 atom stereocenters. The molecule has 0 aliphatic rings. The second-order valence-corrected chi connectivity index (χ2v) is 4.46. The van der Waals surface area contributed by atoms with E-state index in [1.165, 1.54) is 5.56 Å². The van der Waals surface area contributed by atoms with E-state index in [0.717, 1.165) is 11.7 Å². The van der Waals surface area contributed by atoms with Crippen molar-refractivity contribution in [1.82, 2.24) is 20.4 Å². The van der Waals surface area contributed by atoms with Crippen LogP contribution in [-0.4, -0.2) is 35.2 Å². The molecule has 2 N–H and O–H groups in total.